The number of fused-ring (bicyclic) bond motifs is 4. The van der Waals surface area contributed by atoms with Gasteiger partial charge in [-0.15, -0.1) is 0 Å². The lowest BCUT2D eigenvalue weighted by molar-refractivity contribution is -0.130. The van der Waals surface area contributed by atoms with Crippen LogP contribution in [0.15, 0.2) is 66.7 Å². The quantitative estimate of drug-likeness (QED) is 0.332. The topological polar surface area (TPSA) is 119 Å². The second kappa shape index (κ2) is 7.56. The van der Waals surface area contributed by atoms with Gasteiger partial charge in [0.1, 0.15) is 5.54 Å². The summed E-state index contributed by atoms with van der Waals surface area (Å²) >= 11 is 6.01. The minimum Gasteiger partial charge on any atom is -0.504 e. The van der Waals surface area contributed by atoms with Crippen LogP contribution in [0.5, 0.6) is 11.5 Å². The van der Waals surface area contributed by atoms with Crippen LogP contribution in [0.25, 0.3) is 0 Å². The van der Waals surface area contributed by atoms with Crippen molar-refractivity contribution in [2.24, 2.45) is 11.8 Å². The number of phenolic OH excluding ortho intramolecular Hbond substituents is 2. The molecule has 3 amide bonds. The number of aromatic hydroxyl groups is 2. The van der Waals surface area contributed by atoms with Crippen LogP contribution in [-0.4, -0.2) is 34.0 Å². The molecule has 176 valence electrons. The molecule has 3 aliphatic rings. The highest BCUT2D eigenvalue weighted by atomic mass is 35.5. The Bertz CT molecular complexity index is 1410. The van der Waals surface area contributed by atoms with Gasteiger partial charge in [0.05, 0.1) is 17.5 Å². The van der Waals surface area contributed by atoms with Gasteiger partial charge in [0.15, 0.2) is 11.5 Å². The molecule has 0 aliphatic carbocycles. The van der Waals surface area contributed by atoms with E-state index in [4.69, 9.17) is 11.6 Å². The minimum absolute atomic E-state index is 0.250. The largest absolute Gasteiger partial charge is 0.504 e. The first-order valence-corrected chi connectivity index (χ1v) is 11.5. The first kappa shape index (κ1) is 21.6. The highest BCUT2D eigenvalue weighted by molar-refractivity contribution is 6.31. The zero-order valence-corrected chi connectivity index (χ0v) is 19.0. The SMILES string of the molecule is O=C1C2C(Cc3ccc(O)c(O)c3)NC3(C(=O)Nc4ccccc43)C2C(=O)N1c1ccc(Cl)cc1. The van der Waals surface area contributed by atoms with Crippen LogP contribution in [0.1, 0.15) is 11.1 Å². The van der Waals surface area contributed by atoms with Crippen molar-refractivity contribution in [3.63, 3.8) is 0 Å². The molecule has 9 heteroatoms. The fourth-order valence-electron chi connectivity index (χ4n) is 5.73. The van der Waals surface area contributed by atoms with Crippen molar-refractivity contribution in [3.05, 3.63) is 82.9 Å². The smallest absolute Gasteiger partial charge is 0.250 e. The third-order valence-corrected chi connectivity index (χ3v) is 7.45. The minimum atomic E-state index is -1.42. The summed E-state index contributed by atoms with van der Waals surface area (Å²) in [6, 6.07) is 17.4. The molecule has 2 saturated heterocycles. The van der Waals surface area contributed by atoms with Crippen LogP contribution in [0.3, 0.4) is 0 Å². The molecule has 6 rings (SSSR count). The van der Waals surface area contributed by atoms with Crippen LogP contribution >= 0.6 is 11.6 Å². The number of carbonyl (C=O) groups excluding carboxylic acids is 3. The number of phenols is 2. The molecule has 4 atom stereocenters. The lowest BCUT2D eigenvalue weighted by atomic mass is 9.76. The molecule has 3 aliphatic heterocycles. The average Bonchev–Trinajstić information content (AvgIpc) is 3.42. The number of amides is 3. The predicted molar refractivity (Wildman–Crippen MR) is 128 cm³/mol. The monoisotopic (exact) mass is 489 g/mol. The number of benzene rings is 3. The number of hydrogen-bond donors (Lipinski definition) is 4. The molecule has 0 bridgehead atoms. The van der Waals surface area contributed by atoms with Gasteiger partial charge < -0.3 is 15.5 Å². The van der Waals surface area contributed by atoms with Crippen molar-refractivity contribution in [3.8, 4) is 11.5 Å². The van der Waals surface area contributed by atoms with Crippen molar-refractivity contribution in [1.82, 2.24) is 5.32 Å². The molecule has 0 aromatic heterocycles. The Balaban J connectivity index is 1.48. The van der Waals surface area contributed by atoms with Gasteiger partial charge in [0, 0.05) is 22.3 Å². The van der Waals surface area contributed by atoms with E-state index in [9.17, 15) is 24.6 Å². The maximum Gasteiger partial charge on any atom is 0.250 e. The number of carbonyl (C=O) groups is 3. The Morgan fingerprint density at radius 3 is 2.40 bits per heavy atom. The maximum absolute atomic E-state index is 13.9. The van der Waals surface area contributed by atoms with Crippen molar-refractivity contribution in [2.45, 2.75) is 18.0 Å². The molecular weight excluding hydrogens is 470 g/mol. The summed E-state index contributed by atoms with van der Waals surface area (Å²) < 4.78 is 0. The third kappa shape index (κ3) is 3.00. The third-order valence-electron chi connectivity index (χ3n) is 7.20. The normalized spacial score (nSPS) is 26.8. The summed E-state index contributed by atoms with van der Waals surface area (Å²) in [5.74, 6) is -3.59. The first-order valence-electron chi connectivity index (χ1n) is 11.1. The summed E-state index contributed by atoms with van der Waals surface area (Å²) in [6.07, 6.45) is 0.250. The molecule has 2 fully saturated rings. The van der Waals surface area contributed by atoms with Crippen LogP contribution in [0, 0.1) is 11.8 Å². The number of hydrogen-bond acceptors (Lipinski definition) is 6. The van der Waals surface area contributed by atoms with E-state index in [0.717, 1.165) is 4.90 Å². The zero-order chi connectivity index (χ0) is 24.5. The summed E-state index contributed by atoms with van der Waals surface area (Å²) in [6.45, 7) is 0. The number of imide groups is 1. The Hall–Kier alpha value is -3.88. The number of rotatable bonds is 3. The van der Waals surface area contributed by atoms with Gasteiger partial charge in [0.25, 0.3) is 0 Å². The molecule has 1 spiro atoms. The van der Waals surface area contributed by atoms with E-state index in [2.05, 4.69) is 10.6 Å². The standard InChI is InChI=1S/C26H20ClN3O5/c27-14-6-8-15(9-7-14)30-23(33)21-18(11-13-5-10-19(31)20(32)12-13)29-26(22(21)24(30)34)16-3-1-2-4-17(16)28-25(26)35/h1-10,12,18,21-22,29,31-32H,11H2,(H,28,35). The fourth-order valence-corrected chi connectivity index (χ4v) is 5.85. The van der Waals surface area contributed by atoms with Gasteiger partial charge >= 0.3 is 0 Å². The molecule has 8 nitrogen and oxygen atoms in total. The first-order chi connectivity index (χ1) is 16.8. The number of halogens is 1. The van der Waals surface area contributed by atoms with Gasteiger partial charge in [-0.05, 0) is 54.4 Å². The number of nitrogens with zero attached hydrogens (tertiary/aromatic N) is 1. The fraction of sp³-hybridized carbons (Fsp3) is 0.192. The molecule has 0 radical (unpaired) electrons. The molecule has 35 heavy (non-hydrogen) atoms. The Morgan fingerprint density at radius 1 is 0.914 bits per heavy atom. The van der Waals surface area contributed by atoms with E-state index < -0.39 is 35.2 Å². The van der Waals surface area contributed by atoms with Crippen molar-refractivity contribution < 1.29 is 24.6 Å². The second-order valence-corrected chi connectivity index (χ2v) is 9.51. The molecule has 3 heterocycles. The molecule has 4 N–H and O–H groups in total. The van der Waals surface area contributed by atoms with E-state index in [1.54, 1.807) is 54.6 Å². The van der Waals surface area contributed by atoms with Gasteiger partial charge in [-0.25, -0.2) is 4.90 Å². The van der Waals surface area contributed by atoms with Gasteiger partial charge in [-0.3, -0.25) is 19.7 Å². The molecule has 3 aromatic rings. The highest BCUT2D eigenvalue weighted by Crippen LogP contribution is 2.54. The Kier molecular flexibility index (Phi) is 4.67. The summed E-state index contributed by atoms with van der Waals surface area (Å²) in [5, 5.41) is 26.4. The zero-order valence-electron chi connectivity index (χ0n) is 18.2. The van der Waals surface area contributed by atoms with E-state index in [0.29, 0.717) is 27.5 Å². The lowest BCUT2D eigenvalue weighted by Gasteiger charge is -2.29. The summed E-state index contributed by atoms with van der Waals surface area (Å²) in [7, 11) is 0. The lowest BCUT2D eigenvalue weighted by Crippen LogP contribution is -2.53. The summed E-state index contributed by atoms with van der Waals surface area (Å²) in [4.78, 5) is 42.3. The number of para-hydroxylation sites is 1. The highest BCUT2D eigenvalue weighted by Gasteiger charge is 2.70. The van der Waals surface area contributed by atoms with Crippen molar-refractivity contribution >= 4 is 40.7 Å². The van der Waals surface area contributed by atoms with Crippen molar-refractivity contribution in [2.75, 3.05) is 10.2 Å². The molecular formula is C26H20ClN3O5. The molecule has 0 saturated carbocycles. The van der Waals surface area contributed by atoms with Crippen molar-refractivity contribution in [1.29, 1.82) is 0 Å². The van der Waals surface area contributed by atoms with E-state index in [1.165, 1.54) is 12.1 Å². The van der Waals surface area contributed by atoms with Crippen LogP contribution in [-0.2, 0) is 26.3 Å². The van der Waals surface area contributed by atoms with E-state index in [-0.39, 0.29) is 23.8 Å². The van der Waals surface area contributed by atoms with Crippen LogP contribution < -0.4 is 15.5 Å². The van der Waals surface area contributed by atoms with Gasteiger partial charge in [-0.1, -0.05) is 35.9 Å². The summed E-state index contributed by atoms with van der Waals surface area (Å²) in [5.41, 5.74) is 0.831. The van der Waals surface area contributed by atoms with Crippen LogP contribution in [0.4, 0.5) is 11.4 Å². The van der Waals surface area contributed by atoms with Gasteiger partial charge in [-0.2, -0.15) is 0 Å². The van der Waals surface area contributed by atoms with E-state index in [1.807, 2.05) is 0 Å². The molecule has 4 unspecified atom stereocenters. The number of anilines is 2. The van der Waals surface area contributed by atoms with E-state index >= 15 is 0 Å². The second-order valence-electron chi connectivity index (χ2n) is 9.08. The average molecular weight is 490 g/mol. The maximum atomic E-state index is 13.9. The Labute approximate surface area is 205 Å². The molecule has 3 aromatic carbocycles. The Morgan fingerprint density at radius 2 is 1.66 bits per heavy atom. The van der Waals surface area contributed by atoms with Crippen LogP contribution in [0.2, 0.25) is 5.02 Å². The number of nitrogens with one attached hydrogen (secondary N) is 2. The van der Waals surface area contributed by atoms with Gasteiger partial charge in [0.2, 0.25) is 17.7 Å². The predicted octanol–water partition coefficient (Wildman–Crippen LogP) is 2.92.